The van der Waals surface area contributed by atoms with E-state index < -0.39 is 34.3 Å². The van der Waals surface area contributed by atoms with Crippen molar-refractivity contribution >= 4 is 12.1 Å². The Bertz CT molecular complexity index is 496. The van der Waals surface area contributed by atoms with Crippen LogP contribution in [0.3, 0.4) is 0 Å². The van der Waals surface area contributed by atoms with Crippen molar-refractivity contribution in [2.24, 2.45) is 5.41 Å². The van der Waals surface area contributed by atoms with Gasteiger partial charge in [0.15, 0.2) is 0 Å². The van der Waals surface area contributed by atoms with Crippen LogP contribution >= 0.6 is 0 Å². The summed E-state index contributed by atoms with van der Waals surface area (Å²) in [5, 5.41) is 19.0. The lowest BCUT2D eigenvalue weighted by molar-refractivity contribution is -0.173. The van der Waals surface area contributed by atoms with Gasteiger partial charge in [0.25, 0.3) is 0 Å². The van der Waals surface area contributed by atoms with Crippen LogP contribution in [0.1, 0.15) is 33.6 Å². The highest BCUT2D eigenvalue weighted by molar-refractivity contribution is 5.81. The topological polar surface area (TPSA) is 96.3 Å². The first kappa shape index (κ1) is 14.6. The molecule has 4 rings (SSSR count). The van der Waals surface area contributed by atoms with E-state index in [-0.39, 0.29) is 19.7 Å². The predicted molar refractivity (Wildman–Crippen MR) is 70.7 cm³/mol. The van der Waals surface area contributed by atoms with Crippen molar-refractivity contribution < 1.29 is 29.3 Å². The molecule has 2 N–H and O–H groups in total. The number of carbonyl (C=O) groups excluding carboxylic acids is 1. The lowest BCUT2D eigenvalue weighted by Crippen LogP contribution is -2.71. The molecule has 1 spiro atoms. The minimum Gasteiger partial charge on any atom is -0.481 e. The number of rotatable bonds is 2. The molecule has 1 aliphatic carbocycles. The number of aliphatic hydroxyl groups excluding tert-OH is 1. The molecule has 0 aromatic rings. The van der Waals surface area contributed by atoms with Crippen molar-refractivity contribution in [2.45, 2.75) is 50.4 Å². The first-order chi connectivity index (χ1) is 9.57. The molecule has 3 heterocycles. The summed E-state index contributed by atoms with van der Waals surface area (Å²) in [6.45, 7) is 5.57. The number of hydrogen-bond donors (Lipinski definition) is 2. The minimum atomic E-state index is -0.978. The summed E-state index contributed by atoms with van der Waals surface area (Å²) >= 11 is 0. The molecular formula is C14H21NO6. The normalized spacial score (nSPS) is 36.1. The Morgan fingerprint density at radius 2 is 1.86 bits per heavy atom. The Hall–Kier alpha value is -1.34. The molecule has 118 valence electrons. The van der Waals surface area contributed by atoms with Crippen LogP contribution < -0.4 is 0 Å². The highest BCUT2D eigenvalue weighted by Crippen LogP contribution is 2.68. The Kier molecular flexibility index (Phi) is 2.71. The second-order valence-corrected chi connectivity index (χ2v) is 7.51. The third-order valence-corrected chi connectivity index (χ3v) is 4.77. The number of aliphatic carboxylic acids is 1. The van der Waals surface area contributed by atoms with Crippen molar-refractivity contribution in [1.82, 2.24) is 4.90 Å². The van der Waals surface area contributed by atoms with Crippen molar-refractivity contribution in [2.75, 3.05) is 19.7 Å². The fourth-order valence-corrected chi connectivity index (χ4v) is 3.84. The molecule has 7 nitrogen and oxygen atoms in total. The van der Waals surface area contributed by atoms with Gasteiger partial charge in [0.1, 0.15) is 16.6 Å². The number of hydrogen-bond acceptors (Lipinski definition) is 5. The zero-order chi connectivity index (χ0) is 15.7. The molecule has 7 heteroatoms. The Balaban J connectivity index is 1.72. The molecule has 0 aromatic carbocycles. The molecule has 2 bridgehead atoms. The van der Waals surface area contributed by atoms with Crippen LogP contribution in [-0.4, -0.2) is 63.7 Å². The zero-order valence-corrected chi connectivity index (χ0v) is 12.5. The average Bonchev–Trinajstić information content (AvgIpc) is 2.70. The van der Waals surface area contributed by atoms with E-state index in [1.807, 2.05) is 0 Å². The van der Waals surface area contributed by atoms with E-state index in [2.05, 4.69) is 0 Å². The van der Waals surface area contributed by atoms with Crippen LogP contribution in [0.15, 0.2) is 0 Å². The van der Waals surface area contributed by atoms with Crippen molar-refractivity contribution in [1.29, 1.82) is 0 Å². The maximum absolute atomic E-state index is 12.0. The van der Waals surface area contributed by atoms with E-state index in [0.29, 0.717) is 12.8 Å². The van der Waals surface area contributed by atoms with E-state index in [4.69, 9.17) is 9.47 Å². The second-order valence-electron chi connectivity index (χ2n) is 7.51. The molecule has 4 aliphatic rings. The molecule has 0 radical (unpaired) electrons. The molecule has 3 aliphatic heterocycles. The maximum Gasteiger partial charge on any atom is 0.410 e. The molecule has 3 saturated heterocycles. The summed E-state index contributed by atoms with van der Waals surface area (Å²) in [5.74, 6) is -0.909. The monoisotopic (exact) mass is 299 g/mol. The highest BCUT2D eigenvalue weighted by Gasteiger charge is 2.81. The van der Waals surface area contributed by atoms with Gasteiger partial charge in [-0.05, 0) is 33.6 Å². The Morgan fingerprint density at radius 3 is 2.29 bits per heavy atom. The zero-order valence-electron chi connectivity index (χ0n) is 12.5. The first-order valence-corrected chi connectivity index (χ1v) is 7.10. The molecule has 1 amide bonds. The van der Waals surface area contributed by atoms with Gasteiger partial charge in [0.2, 0.25) is 0 Å². The average molecular weight is 299 g/mol. The minimum absolute atomic E-state index is 0.184. The molecule has 0 unspecified atom stereocenters. The van der Waals surface area contributed by atoms with Gasteiger partial charge in [-0.3, -0.25) is 4.79 Å². The van der Waals surface area contributed by atoms with Gasteiger partial charge in [-0.15, -0.1) is 0 Å². The van der Waals surface area contributed by atoms with E-state index in [0.717, 1.165) is 0 Å². The maximum atomic E-state index is 12.0. The molecule has 0 aromatic heterocycles. The number of amides is 1. The lowest BCUT2D eigenvalue weighted by atomic mass is 9.54. The summed E-state index contributed by atoms with van der Waals surface area (Å²) in [7, 11) is 0. The Morgan fingerprint density at radius 1 is 1.29 bits per heavy atom. The summed E-state index contributed by atoms with van der Waals surface area (Å²) in [6, 6.07) is 0. The number of carboxylic acids is 1. The fourth-order valence-electron chi connectivity index (χ4n) is 3.84. The largest absolute Gasteiger partial charge is 0.481 e. The van der Waals surface area contributed by atoms with Crippen LogP contribution in [0.5, 0.6) is 0 Å². The van der Waals surface area contributed by atoms with E-state index in [1.165, 1.54) is 4.90 Å². The van der Waals surface area contributed by atoms with Gasteiger partial charge in [-0.2, -0.15) is 0 Å². The SMILES string of the molecule is CC(C)(C)OC(=O)N1CC2(C1)OC1(CO)CC2(C(=O)O)C1. The lowest BCUT2D eigenvalue weighted by Gasteiger charge is -2.52. The van der Waals surface area contributed by atoms with Gasteiger partial charge >= 0.3 is 12.1 Å². The third kappa shape index (κ3) is 1.80. The van der Waals surface area contributed by atoms with Crippen LogP contribution in [0, 0.1) is 5.41 Å². The third-order valence-electron chi connectivity index (χ3n) is 4.77. The molecular weight excluding hydrogens is 278 g/mol. The molecule has 0 atom stereocenters. The van der Waals surface area contributed by atoms with Gasteiger partial charge in [0, 0.05) is 0 Å². The van der Waals surface area contributed by atoms with Gasteiger partial charge in [-0.1, -0.05) is 0 Å². The second kappa shape index (κ2) is 3.89. The molecule has 4 fully saturated rings. The molecule has 21 heavy (non-hydrogen) atoms. The van der Waals surface area contributed by atoms with Crippen molar-refractivity contribution in [3.05, 3.63) is 0 Å². The number of ether oxygens (including phenoxy) is 2. The summed E-state index contributed by atoms with van der Waals surface area (Å²) in [5.41, 5.74) is -3.18. The summed E-state index contributed by atoms with van der Waals surface area (Å²) in [6.07, 6.45) is 0.168. The van der Waals surface area contributed by atoms with E-state index >= 15 is 0 Å². The quantitative estimate of drug-likeness (QED) is 0.775. The van der Waals surface area contributed by atoms with Crippen LogP contribution in [0.25, 0.3) is 0 Å². The number of likely N-dealkylation sites (tertiary alicyclic amines) is 1. The van der Waals surface area contributed by atoms with Gasteiger partial charge in [0.05, 0.1) is 25.3 Å². The van der Waals surface area contributed by atoms with Crippen LogP contribution in [0.2, 0.25) is 0 Å². The summed E-state index contributed by atoms with van der Waals surface area (Å²) in [4.78, 5) is 25.1. The number of carbonyl (C=O) groups is 2. The van der Waals surface area contributed by atoms with Crippen LogP contribution in [-0.2, 0) is 14.3 Å². The number of aliphatic hydroxyl groups is 1. The van der Waals surface area contributed by atoms with Gasteiger partial charge < -0.3 is 24.6 Å². The highest BCUT2D eigenvalue weighted by atomic mass is 16.6. The molecule has 1 saturated carbocycles. The predicted octanol–water partition coefficient (Wildman–Crippen LogP) is 0.602. The fraction of sp³-hybridized carbons (Fsp3) is 0.857. The number of nitrogens with zero attached hydrogens (tertiary/aromatic N) is 1. The van der Waals surface area contributed by atoms with Crippen molar-refractivity contribution in [3.63, 3.8) is 0 Å². The smallest absolute Gasteiger partial charge is 0.410 e. The van der Waals surface area contributed by atoms with E-state index in [1.54, 1.807) is 20.8 Å². The summed E-state index contributed by atoms with van der Waals surface area (Å²) < 4.78 is 11.2. The number of carboxylic acid groups (broad SMARTS) is 1. The van der Waals surface area contributed by atoms with Crippen LogP contribution in [0.4, 0.5) is 4.79 Å². The Labute approximate surface area is 122 Å². The standard InChI is InChI=1S/C14H21NO6/c1-11(2,3)20-10(19)15-6-14(7-15)13(9(17)18)4-12(5-13,8-16)21-14/h16H,4-8H2,1-3H3,(H,17,18). The first-order valence-electron chi connectivity index (χ1n) is 7.10. The van der Waals surface area contributed by atoms with Gasteiger partial charge in [-0.25, -0.2) is 4.79 Å². The van der Waals surface area contributed by atoms with E-state index in [9.17, 15) is 19.8 Å². The van der Waals surface area contributed by atoms with Crippen molar-refractivity contribution in [3.8, 4) is 0 Å².